The van der Waals surface area contributed by atoms with Crippen molar-refractivity contribution in [1.29, 1.82) is 0 Å². The van der Waals surface area contributed by atoms with Crippen molar-refractivity contribution < 1.29 is 17.6 Å². The Morgan fingerprint density at radius 2 is 1.61 bits per heavy atom. The second-order valence-electron chi connectivity index (χ2n) is 13.3. The lowest BCUT2D eigenvalue weighted by Gasteiger charge is -2.35. The van der Waals surface area contributed by atoms with Gasteiger partial charge in [-0.2, -0.15) is 5.10 Å². The zero-order valence-electron chi connectivity index (χ0n) is 27.5. The van der Waals surface area contributed by atoms with Crippen molar-refractivity contribution in [3.05, 3.63) is 108 Å². The lowest BCUT2D eigenvalue weighted by Crippen LogP contribution is -2.40. The molecule has 5 rings (SSSR count). The summed E-state index contributed by atoms with van der Waals surface area (Å²) in [5, 5.41) is 5.62. The second kappa shape index (κ2) is 12.5. The van der Waals surface area contributed by atoms with Crippen molar-refractivity contribution in [2.24, 2.45) is 5.73 Å². The van der Waals surface area contributed by atoms with E-state index in [0.29, 0.717) is 18.0 Å². The van der Waals surface area contributed by atoms with Crippen molar-refractivity contribution in [2.75, 3.05) is 12.9 Å². The van der Waals surface area contributed by atoms with Crippen LogP contribution in [0.4, 0.5) is 0 Å². The van der Waals surface area contributed by atoms with Gasteiger partial charge in [0.2, 0.25) is 0 Å². The third kappa shape index (κ3) is 7.09. The van der Waals surface area contributed by atoms with Gasteiger partial charge in [0.05, 0.1) is 17.2 Å². The summed E-state index contributed by atoms with van der Waals surface area (Å²) < 4.78 is 34.0. The molecule has 1 amide bonds. The van der Waals surface area contributed by atoms with E-state index in [1.165, 1.54) is 6.26 Å². The van der Waals surface area contributed by atoms with Crippen LogP contribution >= 0.6 is 0 Å². The topological polar surface area (TPSA) is 109 Å². The molecule has 0 fully saturated rings. The summed E-state index contributed by atoms with van der Waals surface area (Å²) in [7, 11) is -5.12. The van der Waals surface area contributed by atoms with Crippen LogP contribution in [0.5, 0.6) is 0 Å². The maximum Gasteiger partial charge on any atom is 0.269 e. The molecule has 2 heterocycles. The molecule has 0 aliphatic rings. The molecule has 0 spiro atoms. The molecule has 0 unspecified atom stereocenters. The van der Waals surface area contributed by atoms with Crippen LogP contribution in [0.2, 0.25) is 18.1 Å². The number of amides is 1. The van der Waals surface area contributed by atoms with Crippen LogP contribution < -0.4 is 5.73 Å². The van der Waals surface area contributed by atoms with Crippen LogP contribution in [-0.4, -0.2) is 49.9 Å². The lowest BCUT2D eigenvalue weighted by atomic mass is 10.0. The number of carbonyl (C=O) groups is 1. The largest absolute Gasteiger partial charge is 0.413 e. The fourth-order valence-electron chi connectivity index (χ4n) is 5.11. The first-order valence-corrected chi connectivity index (χ1v) is 20.0. The number of rotatable bonds is 10. The number of primary amides is 1. The molecule has 3 aromatic carbocycles. The van der Waals surface area contributed by atoms with Crippen LogP contribution in [0.15, 0.2) is 90.0 Å². The number of carbonyl (C=O) groups excluding carboxylic acids is 1. The molecule has 10 heteroatoms. The summed E-state index contributed by atoms with van der Waals surface area (Å²) in [6.07, 6.45) is 7.56. The SMILES string of the molecule is Cc1cc(C(N)=O)nn1-c1ccc2c(c1)c(C=CCO[Si](C)(C)C(C)(C)C)cn2Cc1ccc(-c2ccc(S(C)(=O)=O)cc2)cc1. The van der Waals surface area contributed by atoms with Gasteiger partial charge in [0.25, 0.3) is 5.91 Å². The van der Waals surface area contributed by atoms with Gasteiger partial charge >= 0.3 is 0 Å². The van der Waals surface area contributed by atoms with E-state index >= 15 is 0 Å². The molecular formula is C36H42N4O4SSi. The summed E-state index contributed by atoms with van der Waals surface area (Å²) in [6.45, 7) is 14.3. The van der Waals surface area contributed by atoms with Gasteiger partial charge in [-0.15, -0.1) is 0 Å². The molecule has 0 saturated heterocycles. The van der Waals surface area contributed by atoms with Gasteiger partial charge < -0.3 is 14.7 Å². The maximum absolute atomic E-state index is 11.8. The minimum atomic E-state index is -3.24. The standard InChI is InChI=1S/C36H42N4O4SSi/c1-25-21-33(35(37)41)38-40(25)30-16-19-34-32(22-30)29(9-8-20-44-46(6,7)36(2,3)4)24-39(34)23-26-10-12-27(13-11-26)28-14-17-31(18-15-28)45(5,42)43/h8-19,21-22,24H,20,23H2,1-7H3,(H2,37,41). The van der Waals surface area contributed by atoms with Gasteiger partial charge in [-0.3, -0.25) is 4.79 Å². The molecule has 0 saturated carbocycles. The average Bonchev–Trinajstić information content (AvgIpc) is 3.54. The molecule has 0 aliphatic heterocycles. The Bertz CT molecular complexity index is 2030. The highest BCUT2D eigenvalue weighted by Gasteiger charge is 2.36. The molecule has 8 nitrogen and oxygen atoms in total. The van der Waals surface area contributed by atoms with E-state index in [0.717, 1.165) is 44.5 Å². The molecule has 0 aliphatic carbocycles. The monoisotopic (exact) mass is 654 g/mol. The Morgan fingerprint density at radius 1 is 0.978 bits per heavy atom. The van der Waals surface area contributed by atoms with Crippen LogP contribution in [0, 0.1) is 6.92 Å². The first-order valence-electron chi connectivity index (χ1n) is 15.2. The van der Waals surface area contributed by atoms with Crippen molar-refractivity contribution in [3.8, 4) is 16.8 Å². The number of hydrogen-bond donors (Lipinski definition) is 1. The molecule has 2 aromatic heterocycles. The van der Waals surface area contributed by atoms with E-state index in [1.54, 1.807) is 22.9 Å². The highest BCUT2D eigenvalue weighted by Crippen LogP contribution is 2.36. The predicted molar refractivity (Wildman–Crippen MR) is 189 cm³/mol. The molecule has 0 radical (unpaired) electrons. The Morgan fingerprint density at radius 3 is 2.17 bits per heavy atom. The highest BCUT2D eigenvalue weighted by atomic mass is 32.2. The summed E-state index contributed by atoms with van der Waals surface area (Å²) in [6, 6.07) is 23.1. The molecular weight excluding hydrogens is 613 g/mol. The summed E-state index contributed by atoms with van der Waals surface area (Å²) >= 11 is 0. The predicted octanol–water partition coefficient (Wildman–Crippen LogP) is 7.39. The number of aromatic nitrogens is 3. The van der Waals surface area contributed by atoms with Crippen molar-refractivity contribution in [3.63, 3.8) is 0 Å². The van der Waals surface area contributed by atoms with Crippen LogP contribution in [0.1, 0.15) is 48.1 Å². The molecule has 240 valence electrons. The normalized spacial score (nSPS) is 12.8. The van der Waals surface area contributed by atoms with E-state index in [4.69, 9.17) is 10.2 Å². The quantitative estimate of drug-likeness (QED) is 0.158. The molecule has 2 N–H and O–H groups in total. The number of nitrogens with zero attached hydrogens (tertiary/aromatic N) is 3. The summed E-state index contributed by atoms with van der Waals surface area (Å²) in [4.78, 5) is 12.1. The number of fused-ring (bicyclic) bond motifs is 1. The molecule has 0 atom stereocenters. The minimum Gasteiger partial charge on any atom is -0.413 e. The first-order chi connectivity index (χ1) is 21.5. The summed E-state index contributed by atoms with van der Waals surface area (Å²) in [5.74, 6) is -0.559. The second-order valence-corrected chi connectivity index (χ2v) is 20.2. The summed E-state index contributed by atoms with van der Waals surface area (Å²) in [5.41, 5.74) is 12.6. The van der Waals surface area contributed by atoms with Gasteiger partial charge in [0.15, 0.2) is 23.8 Å². The van der Waals surface area contributed by atoms with E-state index in [1.807, 2.05) is 25.1 Å². The Hall–Kier alpha value is -4.25. The number of aryl methyl sites for hydroxylation is 1. The van der Waals surface area contributed by atoms with E-state index in [9.17, 15) is 13.2 Å². The van der Waals surface area contributed by atoms with Crippen molar-refractivity contribution in [1.82, 2.24) is 14.3 Å². The molecule has 46 heavy (non-hydrogen) atoms. The van der Waals surface area contributed by atoms with E-state index < -0.39 is 24.1 Å². The van der Waals surface area contributed by atoms with Gasteiger partial charge in [-0.25, -0.2) is 13.1 Å². The van der Waals surface area contributed by atoms with Crippen LogP contribution in [0.3, 0.4) is 0 Å². The number of hydrogen-bond acceptors (Lipinski definition) is 5. The minimum absolute atomic E-state index is 0.131. The van der Waals surface area contributed by atoms with Crippen LogP contribution in [-0.2, 0) is 20.8 Å². The van der Waals surface area contributed by atoms with Gasteiger partial charge in [-0.1, -0.05) is 69.3 Å². The van der Waals surface area contributed by atoms with Crippen LogP contribution in [0.25, 0.3) is 33.8 Å². The Balaban J connectivity index is 1.46. The number of nitrogens with two attached hydrogens (primary N) is 1. The zero-order valence-corrected chi connectivity index (χ0v) is 29.4. The van der Waals surface area contributed by atoms with Gasteiger partial charge in [-0.05, 0) is 83.7 Å². The maximum atomic E-state index is 11.8. The third-order valence-electron chi connectivity index (χ3n) is 8.85. The zero-order chi connectivity index (χ0) is 33.4. The number of benzene rings is 3. The Kier molecular flexibility index (Phi) is 9.00. The van der Waals surface area contributed by atoms with E-state index in [2.05, 4.69) is 98.3 Å². The smallest absolute Gasteiger partial charge is 0.269 e. The van der Waals surface area contributed by atoms with Crippen molar-refractivity contribution >= 4 is 41.0 Å². The van der Waals surface area contributed by atoms with E-state index in [-0.39, 0.29) is 10.7 Å². The molecule has 5 aromatic rings. The fourth-order valence-corrected chi connectivity index (χ4v) is 6.68. The fraction of sp³-hybridized carbons (Fsp3) is 0.278. The third-order valence-corrected chi connectivity index (χ3v) is 14.5. The Labute approximate surface area is 272 Å². The average molecular weight is 655 g/mol. The number of sulfone groups is 1. The van der Waals surface area contributed by atoms with Crippen molar-refractivity contribution in [2.45, 2.75) is 57.3 Å². The van der Waals surface area contributed by atoms with Gasteiger partial charge in [0.1, 0.15) is 0 Å². The van der Waals surface area contributed by atoms with Gasteiger partial charge in [0, 0.05) is 35.6 Å². The highest BCUT2D eigenvalue weighted by molar-refractivity contribution is 7.90. The first kappa shape index (κ1) is 33.1. The molecule has 0 bridgehead atoms. The lowest BCUT2D eigenvalue weighted by molar-refractivity contribution is 0.0995.